The van der Waals surface area contributed by atoms with E-state index in [2.05, 4.69) is 49.6 Å². The van der Waals surface area contributed by atoms with Crippen LogP contribution in [0.1, 0.15) is 5.56 Å². The molecule has 0 aliphatic rings. The Bertz CT molecular complexity index is 663. The molecule has 0 saturated carbocycles. The number of aromatic nitrogens is 2. The van der Waals surface area contributed by atoms with Crippen LogP contribution in [-0.4, -0.2) is 10.2 Å². The van der Waals surface area contributed by atoms with E-state index in [0.29, 0.717) is 0 Å². The summed E-state index contributed by atoms with van der Waals surface area (Å²) in [6, 6.07) is 14.3. The smallest absolute Gasteiger partial charge is 0.206 e. The third-order valence-electron chi connectivity index (χ3n) is 2.50. The first-order valence-corrected chi connectivity index (χ1v) is 8.11. The summed E-state index contributed by atoms with van der Waals surface area (Å²) < 4.78 is 1.11. The number of hydrogen-bond acceptors (Lipinski definition) is 5. The molecule has 2 aromatic heterocycles. The first-order chi connectivity index (χ1) is 9.31. The predicted molar refractivity (Wildman–Crippen MR) is 84.7 cm³/mol. The van der Waals surface area contributed by atoms with Crippen LogP contribution in [0.2, 0.25) is 0 Å². The number of rotatable bonds is 4. The van der Waals surface area contributed by atoms with Crippen molar-refractivity contribution in [1.29, 1.82) is 0 Å². The Hall–Kier alpha value is -1.24. The Labute approximate surface area is 127 Å². The number of nitrogens with one attached hydrogen (secondary N) is 1. The molecular weight excluding hydrogens is 342 g/mol. The van der Waals surface area contributed by atoms with Crippen LogP contribution in [0.4, 0.5) is 5.13 Å². The molecule has 6 heteroatoms. The van der Waals surface area contributed by atoms with Gasteiger partial charge in [0.15, 0.2) is 5.01 Å². The van der Waals surface area contributed by atoms with Crippen LogP contribution in [-0.2, 0) is 6.54 Å². The van der Waals surface area contributed by atoms with Gasteiger partial charge < -0.3 is 5.32 Å². The van der Waals surface area contributed by atoms with Gasteiger partial charge in [-0.1, -0.05) is 41.7 Å². The first kappa shape index (κ1) is 12.8. The molecule has 19 heavy (non-hydrogen) atoms. The summed E-state index contributed by atoms with van der Waals surface area (Å²) in [6.07, 6.45) is 0. The molecule has 0 spiro atoms. The minimum atomic E-state index is 0.767. The second-order valence-corrected chi connectivity index (χ2v) is 7.30. The summed E-state index contributed by atoms with van der Waals surface area (Å²) in [6.45, 7) is 0.767. The average Bonchev–Trinajstić information content (AvgIpc) is 3.06. The van der Waals surface area contributed by atoms with Crippen molar-refractivity contribution in [2.45, 2.75) is 6.54 Å². The van der Waals surface area contributed by atoms with E-state index in [1.165, 1.54) is 5.56 Å². The summed E-state index contributed by atoms with van der Waals surface area (Å²) in [5, 5.41) is 13.5. The van der Waals surface area contributed by atoms with Crippen molar-refractivity contribution < 1.29 is 0 Å². The van der Waals surface area contributed by atoms with Gasteiger partial charge in [-0.3, -0.25) is 0 Å². The minimum absolute atomic E-state index is 0.767. The van der Waals surface area contributed by atoms with Crippen molar-refractivity contribution in [3.8, 4) is 9.88 Å². The van der Waals surface area contributed by atoms with Crippen molar-refractivity contribution in [1.82, 2.24) is 10.2 Å². The van der Waals surface area contributed by atoms with Crippen molar-refractivity contribution in [2.75, 3.05) is 5.32 Å². The van der Waals surface area contributed by atoms with E-state index in [1.807, 2.05) is 24.3 Å². The highest BCUT2D eigenvalue weighted by atomic mass is 79.9. The monoisotopic (exact) mass is 351 g/mol. The molecule has 0 aliphatic heterocycles. The van der Waals surface area contributed by atoms with Gasteiger partial charge in [-0.15, -0.1) is 21.5 Å². The Morgan fingerprint density at radius 3 is 2.58 bits per heavy atom. The fraction of sp³-hybridized carbons (Fsp3) is 0.0769. The average molecular weight is 352 g/mol. The van der Waals surface area contributed by atoms with E-state index in [0.717, 1.165) is 25.3 Å². The van der Waals surface area contributed by atoms with Gasteiger partial charge >= 0.3 is 0 Å². The molecule has 0 bridgehead atoms. The number of nitrogens with zero attached hydrogens (tertiary/aromatic N) is 2. The highest BCUT2D eigenvalue weighted by molar-refractivity contribution is 9.11. The molecule has 1 N–H and O–H groups in total. The molecule has 3 aromatic rings. The zero-order valence-corrected chi connectivity index (χ0v) is 13.1. The maximum Gasteiger partial charge on any atom is 0.206 e. The number of benzene rings is 1. The minimum Gasteiger partial charge on any atom is -0.356 e. The zero-order chi connectivity index (χ0) is 13.1. The molecule has 2 heterocycles. The van der Waals surface area contributed by atoms with Gasteiger partial charge in [0.25, 0.3) is 0 Å². The molecule has 0 atom stereocenters. The molecule has 0 unspecified atom stereocenters. The highest BCUT2D eigenvalue weighted by Gasteiger charge is 2.08. The van der Waals surface area contributed by atoms with Gasteiger partial charge in [0, 0.05) is 6.54 Å². The van der Waals surface area contributed by atoms with Crippen LogP contribution < -0.4 is 5.32 Å². The highest BCUT2D eigenvalue weighted by Crippen LogP contribution is 2.34. The molecule has 0 radical (unpaired) electrons. The Kier molecular flexibility index (Phi) is 3.91. The molecule has 3 nitrogen and oxygen atoms in total. The Morgan fingerprint density at radius 1 is 1.00 bits per heavy atom. The lowest BCUT2D eigenvalue weighted by atomic mass is 10.2. The molecular formula is C13H10BrN3S2. The van der Waals surface area contributed by atoms with Gasteiger partial charge in [0.1, 0.15) is 0 Å². The molecule has 0 aliphatic carbocycles. The molecule has 0 fully saturated rings. The summed E-state index contributed by atoms with van der Waals surface area (Å²) in [7, 11) is 0. The van der Waals surface area contributed by atoms with Crippen LogP contribution in [0.15, 0.2) is 46.3 Å². The molecule has 0 saturated heterocycles. The van der Waals surface area contributed by atoms with Crippen molar-refractivity contribution in [2.24, 2.45) is 0 Å². The lowest BCUT2D eigenvalue weighted by Crippen LogP contribution is -1.98. The lowest BCUT2D eigenvalue weighted by Gasteiger charge is -2.00. The maximum absolute atomic E-state index is 4.21. The van der Waals surface area contributed by atoms with Gasteiger partial charge in [-0.25, -0.2) is 0 Å². The first-order valence-electron chi connectivity index (χ1n) is 5.68. The quantitative estimate of drug-likeness (QED) is 0.743. The van der Waals surface area contributed by atoms with Crippen LogP contribution in [0, 0.1) is 0 Å². The second kappa shape index (κ2) is 5.81. The number of halogens is 1. The van der Waals surface area contributed by atoms with Crippen molar-refractivity contribution in [3.63, 3.8) is 0 Å². The summed E-state index contributed by atoms with van der Waals surface area (Å²) in [4.78, 5) is 1.14. The normalized spacial score (nSPS) is 10.6. The fourth-order valence-electron chi connectivity index (χ4n) is 1.60. The van der Waals surface area contributed by atoms with E-state index in [9.17, 15) is 0 Å². The lowest BCUT2D eigenvalue weighted by molar-refractivity contribution is 1.05. The van der Waals surface area contributed by atoms with E-state index >= 15 is 0 Å². The second-order valence-electron chi connectivity index (χ2n) is 3.86. The largest absolute Gasteiger partial charge is 0.356 e. The Balaban J connectivity index is 1.68. The number of thiophene rings is 1. The van der Waals surface area contributed by atoms with Gasteiger partial charge in [-0.2, -0.15) is 0 Å². The van der Waals surface area contributed by atoms with Crippen molar-refractivity contribution in [3.05, 3.63) is 51.8 Å². The third-order valence-corrected chi connectivity index (χ3v) is 5.17. The summed E-state index contributed by atoms with van der Waals surface area (Å²) in [5.74, 6) is 0. The molecule has 96 valence electrons. The van der Waals surface area contributed by atoms with Gasteiger partial charge in [0.2, 0.25) is 5.13 Å². The van der Waals surface area contributed by atoms with Crippen LogP contribution >= 0.6 is 38.6 Å². The SMILES string of the molecule is Brc1ccc(-c2nnc(NCc3ccccc3)s2)s1. The predicted octanol–water partition coefficient (Wildman–Crippen LogP) is 4.64. The fourth-order valence-corrected chi connectivity index (χ4v) is 3.77. The van der Waals surface area contributed by atoms with Crippen LogP contribution in [0.3, 0.4) is 0 Å². The van der Waals surface area contributed by atoms with Gasteiger partial charge in [0.05, 0.1) is 8.66 Å². The molecule has 3 rings (SSSR count). The number of hydrogen-bond donors (Lipinski definition) is 1. The van der Waals surface area contributed by atoms with Crippen LogP contribution in [0.5, 0.6) is 0 Å². The topological polar surface area (TPSA) is 37.8 Å². The van der Waals surface area contributed by atoms with E-state index in [1.54, 1.807) is 22.7 Å². The standard InChI is InChI=1S/C13H10BrN3S2/c14-11-7-6-10(18-11)12-16-17-13(19-12)15-8-9-4-2-1-3-5-9/h1-7H,8H2,(H,15,17). The van der Waals surface area contributed by atoms with Crippen LogP contribution in [0.25, 0.3) is 9.88 Å². The molecule has 1 aromatic carbocycles. The van der Waals surface area contributed by atoms with E-state index < -0.39 is 0 Å². The number of anilines is 1. The van der Waals surface area contributed by atoms with E-state index in [-0.39, 0.29) is 0 Å². The third kappa shape index (κ3) is 3.20. The Morgan fingerprint density at radius 2 is 1.84 bits per heavy atom. The zero-order valence-electron chi connectivity index (χ0n) is 9.84. The summed E-state index contributed by atoms with van der Waals surface area (Å²) in [5.41, 5.74) is 1.23. The summed E-state index contributed by atoms with van der Waals surface area (Å²) >= 11 is 6.70. The maximum atomic E-state index is 4.21. The molecule has 0 amide bonds. The van der Waals surface area contributed by atoms with Crippen molar-refractivity contribution >= 4 is 43.7 Å². The van der Waals surface area contributed by atoms with Gasteiger partial charge in [-0.05, 0) is 33.6 Å². The van der Waals surface area contributed by atoms with E-state index in [4.69, 9.17) is 0 Å².